The smallest absolute Gasteiger partial charge is 0.0459 e. The van der Waals surface area contributed by atoms with E-state index in [9.17, 15) is 0 Å². The van der Waals surface area contributed by atoms with E-state index in [0.717, 1.165) is 18.2 Å². The molecule has 0 amide bonds. The van der Waals surface area contributed by atoms with Gasteiger partial charge in [0, 0.05) is 24.5 Å². The molecular formula is C13H21N3. The number of hydrogen-bond donors (Lipinski definition) is 2. The maximum absolute atomic E-state index is 5.79. The van der Waals surface area contributed by atoms with Crippen LogP contribution >= 0.6 is 0 Å². The van der Waals surface area contributed by atoms with Crippen LogP contribution in [0.2, 0.25) is 0 Å². The maximum atomic E-state index is 5.79. The Kier molecular flexibility index (Phi) is 3.91. The topological polar surface area (TPSA) is 50.9 Å². The fourth-order valence-electron chi connectivity index (χ4n) is 1.89. The molecule has 1 aliphatic carbocycles. The molecule has 1 heterocycles. The number of nitrogens with two attached hydrogens (primary N) is 1. The van der Waals surface area contributed by atoms with Crippen LogP contribution < -0.4 is 11.1 Å². The summed E-state index contributed by atoms with van der Waals surface area (Å²) in [5.74, 6) is 0.974. The first kappa shape index (κ1) is 11.6. The van der Waals surface area contributed by atoms with Crippen molar-refractivity contribution in [2.24, 2.45) is 11.7 Å². The molecule has 1 fully saturated rings. The van der Waals surface area contributed by atoms with E-state index in [0.29, 0.717) is 6.54 Å². The van der Waals surface area contributed by atoms with Crippen molar-refractivity contribution >= 4 is 0 Å². The Morgan fingerprint density at radius 2 is 2.31 bits per heavy atom. The van der Waals surface area contributed by atoms with Crippen LogP contribution in [0.5, 0.6) is 0 Å². The van der Waals surface area contributed by atoms with Crippen LogP contribution in [0.25, 0.3) is 0 Å². The molecule has 0 bridgehead atoms. The average Bonchev–Trinajstić information content (AvgIpc) is 3.10. The SMILES string of the molecule is Cc1ccc(C(CN)NCCC2CC2)cn1. The number of nitrogens with zero attached hydrogens (tertiary/aromatic N) is 1. The van der Waals surface area contributed by atoms with Gasteiger partial charge in [0.2, 0.25) is 0 Å². The lowest BCUT2D eigenvalue weighted by molar-refractivity contribution is 0.515. The van der Waals surface area contributed by atoms with Gasteiger partial charge in [0.15, 0.2) is 0 Å². The van der Waals surface area contributed by atoms with Crippen molar-refractivity contribution in [2.75, 3.05) is 13.1 Å². The molecule has 0 radical (unpaired) electrons. The van der Waals surface area contributed by atoms with Crippen LogP contribution in [0.3, 0.4) is 0 Å². The first-order valence-electron chi connectivity index (χ1n) is 6.15. The molecule has 88 valence electrons. The third-order valence-corrected chi connectivity index (χ3v) is 3.21. The highest BCUT2D eigenvalue weighted by molar-refractivity contribution is 5.17. The van der Waals surface area contributed by atoms with E-state index < -0.39 is 0 Å². The molecule has 1 aromatic heterocycles. The Balaban J connectivity index is 1.84. The summed E-state index contributed by atoms with van der Waals surface area (Å²) in [7, 11) is 0. The molecule has 1 unspecified atom stereocenters. The van der Waals surface area contributed by atoms with Crippen LogP contribution in [0.15, 0.2) is 18.3 Å². The van der Waals surface area contributed by atoms with Crippen molar-refractivity contribution < 1.29 is 0 Å². The monoisotopic (exact) mass is 219 g/mol. The molecule has 1 aliphatic rings. The largest absolute Gasteiger partial charge is 0.329 e. The zero-order valence-electron chi connectivity index (χ0n) is 9.95. The zero-order chi connectivity index (χ0) is 11.4. The first-order chi connectivity index (χ1) is 7.79. The van der Waals surface area contributed by atoms with E-state index in [1.165, 1.54) is 24.8 Å². The summed E-state index contributed by atoms with van der Waals surface area (Å²) in [6.45, 7) is 3.71. The standard InChI is InChI=1S/C13H21N3/c1-10-2-5-12(9-16-10)13(8-14)15-7-6-11-3-4-11/h2,5,9,11,13,15H,3-4,6-8,14H2,1H3. The second-order valence-electron chi connectivity index (χ2n) is 4.71. The third-order valence-electron chi connectivity index (χ3n) is 3.21. The fraction of sp³-hybridized carbons (Fsp3) is 0.615. The van der Waals surface area contributed by atoms with E-state index in [1.54, 1.807) is 0 Å². The number of aromatic nitrogens is 1. The lowest BCUT2D eigenvalue weighted by Gasteiger charge is -2.16. The van der Waals surface area contributed by atoms with E-state index in [1.807, 2.05) is 19.2 Å². The molecule has 2 rings (SSSR count). The Hall–Kier alpha value is -0.930. The van der Waals surface area contributed by atoms with Crippen LogP contribution in [-0.2, 0) is 0 Å². The van der Waals surface area contributed by atoms with E-state index in [2.05, 4.69) is 16.4 Å². The highest BCUT2D eigenvalue weighted by Gasteiger charge is 2.20. The summed E-state index contributed by atoms with van der Waals surface area (Å²) in [6.07, 6.45) is 6.05. The number of rotatable bonds is 6. The van der Waals surface area contributed by atoms with Gasteiger partial charge in [0.25, 0.3) is 0 Å². The molecule has 0 aromatic carbocycles. The predicted molar refractivity (Wildman–Crippen MR) is 66.1 cm³/mol. The first-order valence-corrected chi connectivity index (χ1v) is 6.15. The summed E-state index contributed by atoms with van der Waals surface area (Å²) in [6, 6.07) is 4.41. The molecule has 3 N–H and O–H groups in total. The Bertz CT molecular complexity index is 316. The van der Waals surface area contributed by atoms with Gasteiger partial charge in [-0.1, -0.05) is 18.9 Å². The van der Waals surface area contributed by atoms with Crippen molar-refractivity contribution in [2.45, 2.75) is 32.2 Å². The molecule has 3 nitrogen and oxygen atoms in total. The minimum absolute atomic E-state index is 0.256. The molecule has 1 aromatic rings. The van der Waals surface area contributed by atoms with Gasteiger partial charge in [-0.05, 0) is 37.4 Å². The summed E-state index contributed by atoms with van der Waals surface area (Å²) in [4.78, 5) is 4.31. The number of pyridine rings is 1. The van der Waals surface area contributed by atoms with Gasteiger partial charge < -0.3 is 11.1 Å². The van der Waals surface area contributed by atoms with Crippen LogP contribution in [0.4, 0.5) is 0 Å². The normalized spacial score (nSPS) is 17.4. The molecule has 0 saturated heterocycles. The van der Waals surface area contributed by atoms with Crippen molar-refractivity contribution in [1.29, 1.82) is 0 Å². The van der Waals surface area contributed by atoms with Gasteiger partial charge in [-0.2, -0.15) is 0 Å². The van der Waals surface area contributed by atoms with Gasteiger partial charge in [-0.25, -0.2) is 0 Å². The Morgan fingerprint density at radius 3 is 2.88 bits per heavy atom. The number of aryl methyl sites for hydroxylation is 1. The highest BCUT2D eigenvalue weighted by Crippen LogP contribution is 2.31. The quantitative estimate of drug-likeness (QED) is 0.767. The van der Waals surface area contributed by atoms with Gasteiger partial charge in [0.05, 0.1) is 0 Å². The molecule has 3 heteroatoms. The van der Waals surface area contributed by atoms with Gasteiger partial charge >= 0.3 is 0 Å². The van der Waals surface area contributed by atoms with Crippen LogP contribution in [-0.4, -0.2) is 18.1 Å². The summed E-state index contributed by atoms with van der Waals surface area (Å²) >= 11 is 0. The second-order valence-corrected chi connectivity index (χ2v) is 4.71. The Morgan fingerprint density at radius 1 is 1.50 bits per heavy atom. The van der Waals surface area contributed by atoms with E-state index in [-0.39, 0.29) is 6.04 Å². The molecule has 16 heavy (non-hydrogen) atoms. The minimum atomic E-state index is 0.256. The van der Waals surface area contributed by atoms with Crippen LogP contribution in [0.1, 0.15) is 36.6 Å². The number of hydrogen-bond acceptors (Lipinski definition) is 3. The van der Waals surface area contributed by atoms with E-state index in [4.69, 9.17) is 5.73 Å². The minimum Gasteiger partial charge on any atom is -0.329 e. The highest BCUT2D eigenvalue weighted by atomic mass is 14.9. The molecular weight excluding hydrogens is 198 g/mol. The van der Waals surface area contributed by atoms with Gasteiger partial charge in [-0.15, -0.1) is 0 Å². The van der Waals surface area contributed by atoms with Crippen molar-refractivity contribution in [3.05, 3.63) is 29.6 Å². The lowest BCUT2D eigenvalue weighted by atomic mass is 10.1. The predicted octanol–water partition coefficient (Wildman–Crippen LogP) is 1.78. The zero-order valence-corrected chi connectivity index (χ0v) is 9.95. The Labute approximate surface area is 97.5 Å². The molecule has 0 aliphatic heterocycles. The van der Waals surface area contributed by atoms with Gasteiger partial charge in [0.1, 0.15) is 0 Å². The van der Waals surface area contributed by atoms with Crippen molar-refractivity contribution in [3.63, 3.8) is 0 Å². The fourth-order valence-corrected chi connectivity index (χ4v) is 1.89. The summed E-state index contributed by atoms with van der Waals surface area (Å²) in [5, 5.41) is 3.51. The lowest BCUT2D eigenvalue weighted by Crippen LogP contribution is -2.29. The van der Waals surface area contributed by atoms with Crippen molar-refractivity contribution in [3.8, 4) is 0 Å². The summed E-state index contributed by atoms with van der Waals surface area (Å²) < 4.78 is 0. The van der Waals surface area contributed by atoms with Gasteiger partial charge in [-0.3, -0.25) is 4.98 Å². The third kappa shape index (κ3) is 3.29. The van der Waals surface area contributed by atoms with Crippen molar-refractivity contribution in [1.82, 2.24) is 10.3 Å². The summed E-state index contributed by atoms with van der Waals surface area (Å²) in [5.41, 5.74) is 8.04. The molecule has 0 spiro atoms. The molecule has 1 saturated carbocycles. The van der Waals surface area contributed by atoms with Crippen LogP contribution in [0, 0.1) is 12.8 Å². The van der Waals surface area contributed by atoms with E-state index >= 15 is 0 Å². The average molecular weight is 219 g/mol. The second kappa shape index (κ2) is 5.41. The molecule has 1 atom stereocenters. The number of nitrogens with one attached hydrogen (secondary N) is 1. The maximum Gasteiger partial charge on any atom is 0.0459 e.